The number of allylic oxidation sites excluding steroid dienone is 1. The third-order valence-electron chi connectivity index (χ3n) is 19.9. The molecule has 9 heteroatoms. The van der Waals surface area contributed by atoms with E-state index in [1.165, 1.54) is 379 Å². The molecule has 0 aliphatic carbocycles. The normalized spacial score (nSPS) is 17.8. The summed E-state index contributed by atoms with van der Waals surface area (Å²) in [6.07, 6.45) is 85.2. The lowest BCUT2D eigenvalue weighted by atomic mass is 9.99. The van der Waals surface area contributed by atoms with Crippen molar-refractivity contribution < 1.29 is 39.8 Å². The number of nitrogens with one attached hydrogen (secondary N) is 1. The molecule has 1 amide bonds. The Labute approximate surface area is 554 Å². The van der Waals surface area contributed by atoms with E-state index in [1.54, 1.807) is 6.08 Å². The van der Waals surface area contributed by atoms with Gasteiger partial charge >= 0.3 is 0 Å². The van der Waals surface area contributed by atoms with Crippen LogP contribution in [0.1, 0.15) is 438 Å². The smallest absolute Gasteiger partial charge is 0.220 e. The van der Waals surface area contributed by atoms with Gasteiger partial charge in [-0.05, 0) is 19.3 Å². The lowest BCUT2D eigenvalue weighted by molar-refractivity contribution is -0.302. The quantitative estimate of drug-likeness (QED) is 0.0261. The lowest BCUT2D eigenvalue weighted by Crippen LogP contribution is -2.60. The minimum atomic E-state index is -1.57. The van der Waals surface area contributed by atoms with E-state index in [0.29, 0.717) is 6.42 Å². The standard InChI is InChI=1S/C80H157NO8/c1-3-5-7-9-11-13-15-17-19-21-23-25-27-29-31-33-35-36-37-38-39-40-42-44-46-48-50-52-54-56-58-60-62-64-66-68-70-76(84)81-73(72-88-80-79(87)78(86)77(85)75(71-82)89-80)74(83)69-67-65-63-61-59-57-55-53-51-49-47-45-43-41-34-32-30-28-26-24-22-20-18-16-14-12-10-8-6-4-2/h67,69,73-75,77-80,82-83,85-87H,3-66,68,70-72H2,1-2H3,(H,81,84)/b69-67+. The Hall–Kier alpha value is -1.07. The van der Waals surface area contributed by atoms with Crippen molar-refractivity contribution in [3.63, 3.8) is 0 Å². The van der Waals surface area contributed by atoms with Crippen LogP contribution in [0.25, 0.3) is 0 Å². The Morgan fingerprint density at radius 1 is 0.371 bits per heavy atom. The van der Waals surface area contributed by atoms with Crippen LogP contribution in [-0.2, 0) is 14.3 Å². The minimum Gasteiger partial charge on any atom is -0.394 e. The Balaban J connectivity index is 2.05. The average Bonchev–Trinajstić information content (AvgIpc) is 2.42. The maximum Gasteiger partial charge on any atom is 0.220 e. The molecule has 0 spiro atoms. The Morgan fingerprint density at radius 3 is 0.876 bits per heavy atom. The van der Waals surface area contributed by atoms with Crippen LogP contribution in [0, 0.1) is 0 Å². The van der Waals surface area contributed by atoms with Gasteiger partial charge in [-0.15, -0.1) is 0 Å². The summed E-state index contributed by atoms with van der Waals surface area (Å²) in [6, 6.07) is -0.803. The Kier molecular flexibility index (Phi) is 67.4. The molecular weight excluding hydrogens is 1100 g/mol. The molecule has 1 saturated heterocycles. The molecule has 9 nitrogen and oxygen atoms in total. The van der Waals surface area contributed by atoms with Crippen LogP contribution in [0.15, 0.2) is 12.2 Å². The molecule has 1 fully saturated rings. The van der Waals surface area contributed by atoms with E-state index >= 15 is 0 Å². The number of rotatable bonds is 73. The van der Waals surface area contributed by atoms with E-state index in [-0.39, 0.29) is 12.5 Å². The second-order valence-electron chi connectivity index (χ2n) is 28.6. The highest BCUT2D eigenvalue weighted by molar-refractivity contribution is 5.76. The second-order valence-corrected chi connectivity index (χ2v) is 28.6. The number of hydrogen-bond acceptors (Lipinski definition) is 8. The Bertz CT molecular complexity index is 1410. The van der Waals surface area contributed by atoms with Crippen molar-refractivity contribution in [2.45, 2.75) is 480 Å². The number of aliphatic hydroxyl groups excluding tert-OH is 5. The Morgan fingerprint density at radius 2 is 0.618 bits per heavy atom. The van der Waals surface area contributed by atoms with Crippen molar-refractivity contribution in [1.29, 1.82) is 0 Å². The predicted molar refractivity (Wildman–Crippen MR) is 383 cm³/mol. The number of carbonyl (C=O) groups is 1. The monoisotopic (exact) mass is 1260 g/mol. The van der Waals surface area contributed by atoms with Gasteiger partial charge in [0.25, 0.3) is 0 Å². The molecule has 0 bridgehead atoms. The summed E-state index contributed by atoms with van der Waals surface area (Å²) >= 11 is 0. The van der Waals surface area contributed by atoms with E-state index in [2.05, 4.69) is 19.2 Å². The summed E-state index contributed by atoms with van der Waals surface area (Å²) in [7, 11) is 0. The molecule has 0 aromatic heterocycles. The van der Waals surface area contributed by atoms with Crippen LogP contribution in [0.3, 0.4) is 0 Å². The first-order valence-corrected chi connectivity index (χ1v) is 40.4. The van der Waals surface area contributed by atoms with Crippen LogP contribution in [0.4, 0.5) is 0 Å². The van der Waals surface area contributed by atoms with Crippen LogP contribution in [0.5, 0.6) is 0 Å². The maximum absolute atomic E-state index is 13.2. The summed E-state index contributed by atoms with van der Waals surface area (Å²) in [5, 5.41) is 54.9. The van der Waals surface area contributed by atoms with Crippen LogP contribution in [0.2, 0.25) is 0 Å². The van der Waals surface area contributed by atoms with Crippen molar-refractivity contribution in [3.8, 4) is 0 Å². The van der Waals surface area contributed by atoms with Crippen molar-refractivity contribution in [2.24, 2.45) is 0 Å². The van der Waals surface area contributed by atoms with Crippen molar-refractivity contribution in [1.82, 2.24) is 5.32 Å². The molecule has 1 rings (SSSR count). The van der Waals surface area contributed by atoms with Crippen LogP contribution >= 0.6 is 0 Å². The topological polar surface area (TPSA) is 149 Å². The average molecular weight is 1260 g/mol. The number of carbonyl (C=O) groups excluding carboxylic acids is 1. The van der Waals surface area contributed by atoms with Crippen molar-refractivity contribution >= 4 is 5.91 Å². The van der Waals surface area contributed by atoms with E-state index in [9.17, 15) is 30.3 Å². The molecule has 1 heterocycles. The molecule has 530 valence electrons. The highest BCUT2D eigenvalue weighted by atomic mass is 16.7. The predicted octanol–water partition coefficient (Wildman–Crippen LogP) is 23.0. The number of ether oxygens (including phenoxy) is 2. The summed E-state index contributed by atoms with van der Waals surface area (Å²) in [5.41, 5.74) is 0. The van der Waals surface area contributed by atoms with E-state index < -0.39 is 49.5 Å². The number of aliphatic hydroxyl groups is 5. The fraction of sp³-hybridized carbons (Fsp3) is 0.963. The molecule has 0 saturated carbocycles. The molecule has 1 aliphatic heterocycles. The number of amides is 1. The summed E-state index contributed by atoms with van der Waals surface area (Å²) < 4.78 is 11.4. The van der Waals surface area contributed by atoms with Gasteiger partial charge in [-0.25, -0.2) is 0 Å². The van der Waals surface area contributed by atoms with Gasteiger partial charge in [0.15, 0.2) is 6.29 Å². The molecule has 0 radical (unpaired) electrons. The van der Waals surface area contributed by atoms with Gasteiger partial charge in [-0.2, -0.15) is 0 Å². The highest BCUT2D eigenvalue weighted by Crippen LogP contribution is 2.24. The fourth-order valence-corrected chi connectivity index (χ4v) is 13.6. The van der Waals surface area contributed by atoms with Gasteiger partial charge in [-0.3, -0.25) is 4.79 Å². The number of unbranched alkanes of at least 4 members (excludes halogenated alkanes) is 63. The first kappa shape index (κ1) is 85.9. The largest absolute Gasteiger partial charge is 0.394 e. The summed E-state index contributed by atoms with van der Waals surface area (Å²) in [6.45, 7) is 3.86. The maximum atomic E-state index is 13.2. The third kappa shape index (κ3) is 58.1. The van der Waals surface area contributed by atoms with Gasteiger partial charge in [0.2, 0.25) is 5.91 Å². The van der Waals surface area contributed by atoms with Crippen LogP contribution in [-0.4, -0.2) is 87.5 Å². The molecule has 7 atom stereocenters. The summed E-state index contributed by atoms with van der Waals surface area (Å²) in [4.78, 5) is 13.2. The van der Waals surface area contributed by atoms with E-state index in [1.807, 2.05) is 6.08 Å². The minimum absolute atomic E-state index is 0.165. The fourth-order valence-electron chi connectivity index (χ4n) is 13.6. The SMILES string of the molecule is CCCCCCCCCCCCCCCCCCCCCCCCCCCCCC/C=C/C(O)C(COC1OC(CO)C(O)C(O)C1O)NC(=O)CCCCCCCCCCCCCCCCCCCCCCCCCCCCCCCCCCCCCC. The zero-order valence-corrected chi connectivity index (χ0v) is 59.7. The van der Waals surface area contributed by atoms with Gasteiger partial charge < -0.3 is 40.3 Å². The third-order valence-corrected chi connectivity index (χ3v) is 19.9. The van der Waals surface area contributed by atoms with Crippen molar-refractivity contribution in [3.05, 3.63) is 12.2 Å². The van der Waals surface area contributed by atoms with Gasteiger partial charge in [0.05, 0.1) is 25.4 Å². The van der Waals surface area contributed by atoms with Gasteiger partial charge in [-0.1, -0.05) is 424 Å². The molecule has 6 N–H and O–H groups in total. The first-order valence-electron chi connectivity index (χ1n) is 40.4. The molecule has 0 aromatic rings. The highest BCUT2D eigenvalue weighted by Gasteiger charge is 2.44. The molecule has 1 aliphatic rings. The van der Waals surface area contributed by atoms with Gasteiger partial charge in [0, 0.05) is 6.42 Å². The summed E-state index contributed by atoms with van der Waals surface area (Å²) in [5.74, 6) is -0.165. The van der Waals surface area contributed by atoms with Crippen molar-refractivity contribution in [2.75, 3.05) is 13.2 Å². The van der Waals surface area contributed by atoms with Gasteiger partial charge in [0.1, 0.15) is 24.4 Å². The zero-order chi connectivity index (χ0) is 64.2. The lowest BCUT2D eigenvalue weighted by Gasteiger charge is -2.40. The number of hydrogen-bond donors (Lipinski definition) is 6. The molecule has 0 aromatic carbocycles. The van der Waals surface area contributed by atoms with E-state index in [4.69, 9.17) is 9.47 Å². The van der Waals surface area contributed by atoms with Crippen LogP contribution < -0.4 is 5.32 Å². The molecular formula is C80H157NO8. The molecule has 7 unspecified atom stereocenters. The first-order chi connectivity index (χ1) is 43.8. The zero-order valence-electron chi connectivity index (χ0n) is 59.7. The van der Waals surface area contributed by atoms with E-state index in [0.717, 1.165) is 38.5 Å². The second kappa shape index (κ2) is 69.8. The molecule has 89 heavy (non-hydrogen) atoms.